The Morgan fingerprint density at radius 3 is 2.45 bits per heavy atom. The van der Waals surface area contributed by atoms with E-state index in [9.17, 15) is 0 Å². The molecule has 0 fully saturated rings. The summed E-state index contributed by atoms with van der Waals surface area (Å²) >= 11 is 0. The zero-order valence-corrected chi connectivity index (χ0v) is 6.96. The van der Waals surface area contributed by atoms with E-state index in [1.807, 2.05) is 6.07 Å². The first kappa shape index (κ1) is 8.28. The Morgan fingerprint density at radius 1 is 1.27 bits per heavy atom. The van der Waals surface area contributed by atoms with Gasteiger partial charge in [-0.25, -0.2) is 0 Å². The van der Waals surface area contributed by atoms with Crippen LogP contribution < -0.4 is 0 Å². The van der Waals surface area contributed by atoms with E-state index >= 15 is 0 Å². The molecule has 0 saturated carbocycles. The summed E-state index contributed by atoms with van der Waals surface area (Å²) in [7, 11) is 2.07. The summed E-state index contributed by atoms with van der Waals surface area (Å²) in [5.74, 6) is 0. The van der Waals surface area contributed by atoms with Crippen LogP contribution in [0, 0.1) is 6.92 Å². The van der Waals surface area contributed by atoms with Crippen molar-refractivity contribution in [2.45, 2.75) is 6.54 Å². The zero-order valence-electron chi connectivity index (χ0n) is 6.96. The molecule has 0 unspecified atom stereocenters. The Morgan fingerprint density at radius 2 is 1.91 bits per heavy atom. The lowest BCUT2D eigenvalue weighted by Crippen LogP contribution is -2.16. The molecule has 1 radical (unpaired) electrons. The second-order valence-corrected chi connectivity index (χ2v) is 2.72. The van der Waals surface area contributed by atoms with Gasteiger partial charge >= 0.3 is 0 Å². The maximum absolute atomic E-state index is 3.81. The van der Waals surface area contributed by atoms with Crippen LogP contribution in [0.25, 0.3) is 0 Å². The van der Waals surface area contributed by atoms with Gasteiger partial charge in [0.25, 0.3) is 0 Å². The van der Waals surface area contributed by atoms with Gasteiger partial charge in [0.1, 0.15) is 0 Å². The second-order valence-electron chi connectivity index (χ2n) is 2.72. The molecule has 0 saturated heterocycles. The highest BCUT2D eigenvalue weighted by Gasteiger charge is 1.94. The van der Waals surface area contributed by atoms with Crippen molar-refractivity contribution in [3.05, 3.63) is 42.8 Å². The first-order valence-corrected chi connectivity index (χ1v) is 3.84. The van der Waals surface area contributed by atoms with Gasteiger partial charge in [0.15, 0.2) is 0 Å². The number of nitrogens with zero attached hydrogens (tertiary/aromatic N) is 1. The number of hydrogen-bond acceptors (Lipinski definition) is 1. The molecular formula is C10H14N. The van der Waals surface area contributed by atoms with Crippen molar-refractivity contribution in [2.24, 2.45) is 0 Å². The van der Waals surface area contributed by atoms with Crippen molar-refractivity contribution < 1.29 is 0 Å². The quantitative estimate of drug-likeness (QED) is 0.633. The van der Waals surface area contributed by atoms with Crippen molar-refractivity contribution in [2.75, 3.05) is 13.6 Å². The molecule has 0 amide bonds. The van der Waals surface area contributed by atoms with Gasteiger partial charge in [-0.1, -0.05) is 30.3 Å². The lowest BCUT2D eigenvalue weighted by atomic mass is 10.2. The molecule has 0 atom stereocenters. The lowest BCUT2D eigenvalue weighted by Gasteiger charge is -2.12. The van der Waals surface area contributed by atoms with Gasteiger partial charge in [0, 0.05) is 6.54 Å². The standard InChI is InChI=1S/C10H14N/c1-3-11(2)9-10-7-5-4-6-8-10/h4-8H,1,3,9H2,2H3. The average molecular weight is 148 g/mol. The largest absolute Gasteiger partial charge is 0.302 e. The minimum atomic E-state index is 0.856. The number of hydrogen-bond donors (Lipinski definition) is 0. The SMILES string of the molecule is [CH2]CN(C)Cc1ccccc1. The molecule has 1 aromatic carbocycles. The van der Waals surface area contributed by atoms with Crippen molar-refractivity contribution in [1.29, 1.82) is 0 Å². The molecule has 0 bridgehead atoms. The van der Waals surface area contributed by atoms with E-state index in [0.29, 0.717) is 0 Å². The minimum absolute atomic E-state index is 0.856. The molecule has 0 spiro atoms. The Balaban J connectivity index is 2.51. The van der Waals surface area contributed by atoms with E-state index in [1.54, 1.807) is 0 Å². The lowest BCUT2D eigenvalue weighted by molar-refractivity contribution is 0.362. The molecule has 0 aliphatic rings. The maximum Gasteiger partial charge on any atom is 0.0230 e. The van der Waals surface area contributed by atoms with Gasteiger partial charge < -0.3 is 4.90 Å². The van der Waals surface area contributed by atoms with Crippen molar-refractivity contribution in [1.82, 2.24) is 4.90 Å². The van der Waals surface area contributed by atoms with E-state index < -0.39 is 0 Å². The van der Waals surface area contributed by atoms with Crippen LogP contribution in [0.2, 0.25) is 0 Å². The van der Waals surface area contributed by atoms with E-state index in [1.165, 1.54) is 5.56 Å². The fraction of sp³-hybridized carbons (Fsp3) is 0.300. The molecule has 1 aromatic rings. The summed E-state index contributed by atoms with van der Waals surface area (Å²) in [6.45, 7) is 5.65. The molecule has 1 rings (SSSR count). The third kappa shape index (κ3) is 2.72. The highest BCUT2D eigenvalue weighted by atomic mass is 15.1. The molecule has 1 heteroatoms. The summed E-state index contributed by atoms with van der Waals surface area (Å²) in [6.07, 6.45) is 0. The fourth-order valence-electron chi connectivity index (χ4n) is 0.974. The van der Waals surface area contributed by atoms with Crippen LogP contribution in [0.1, 0.15) is 5.56 Å². The second kappa shape index (κ2) is 4.14. The third-order valence-electron chi connectivity index (χ3n) is 1.68. The van der Waals surface area contributed by atoms with Crippen LogP contribution >= 0.6 is 0 Å². The summed E-state index contributed by atoms with van der Waals surface area (Å²) < 4.78 is 0. The Hall–Kier alpha value is -0.820. The van der Waals surface area contributed by atoms with E-state index in [4.69, 9.17) is 0 Å². The van der Waals surface area contributed by atoms with Gasteiger partial charge in [-0.15, -0.1) is 0 Å². The van der Waals surface area contributed by atoms with Crippen LogP contribution in [0.15, 0.2) is 30.3 Å². The Labute approximate surface area is 68.7 Å². The molecule has 11 heavy (non-hydrogen) atoms. The maximum atomic E-state index is 3.81. The normalized spacial score (nSPS) is 10.5. The van der Waals surface area contributed by atoms with Crippen LogP contribution in [0.3, 0.4) is 0 Å². The predicted molar refractivity (Wildman–Crippen MR) is 48.1 cm³/mol. The third-order valence-corrected chi connectivity index (χ3v) is 1.68. The monoisotopic (exact) mass is 148 g/mol. The average Bonchev–Trinajstić information content (AvgIpc) is 2.06. The summed E-state index contributed by atoms with van der Waals surface area (Å²) in [6, 6.07) is 10.4. The van der Waals surface area contributed by atoms with E-state index in [0.717, 1.165) is 13.1 Å². The van der Waals surface area contributed by atoms with Crippen LogP contribution in [0.5, 0.6) is 0 Å². The summed E-state index contributed by atoms with van der Waals surface area (Å²) in [4.78, 5) is 2.18. The van der Waals surface area contributed by atoms with E-state index in [2.05, 4.69) is 43.1 Å². The molecule has 0 aliphatic heterocycles. The highest BCUT2D eigenvalue weighted by molar-refractivity contribution is 5.14. The number of rotatable bonds is 3. The molecule has 59 valence electrons. The van der Waals surface area contributed by atoms with Gasteiger partial charge in [0.05, 0.1) is 0 Å². The molecule has 0 heterocycles. The highest BCUT2D eigenvalue weighted by Crippen LogP contribution is 2.01. The number of benzene rings is 1. The van der Waals surface area contributed by atoms with Crippen LogP contribution in [0.4, 0.5) is 0 Å². The van der Waals surface area contributed by atoms with E-state index in [-0.39, 0.29) is 0 Å². The van der Waals surface area contributed by atoms with Gasteiger partial charge in [-0.2, -0.15) is 0 Å². The first-order chi connectivity index (χ1) is 5.33. The summed E-state index contributed by atoms with van der Waals surface area (Å²) in [5.41, 5.74) is 1.35. The molecular weight excluding hydrogens is 134 g/mol. The fourth-order valence-corrected chi connectivity index (χ4v) is 0.974. The minimum Gasteiger partial charge on any atom is -0.302 e. The topological polar surface area (TPSA) is 3.24 Å². The van der Waals surface area contributed by atoms with Crippen molar-refractivity contribution in [3.63, 3.8) is 0 Å². The molecule has 0 aliphatic carbocycles. The summed E-state index contributed by atoms with van der Waals surface area (Å²) in [5, 5.41) is 0. The first-order valence-electron chi connectivity index (χ1n) is 3.84. The Kier molecular flexibility index (Phi) is 3.12. The molecule has 0 aromatic heterocycles. The molecule has 1 nitrogen and oxygen atoms in total. The van der Waals surface area contributed by atoms with Crippen LogP contribution in [-0.2, 0) is 6.54 Å². The zero-order chi connectivity index (χ0) is 8.10. The van der Waals surface area contributed by atoms with Crippen molar-refractivity contribution in [3.8, 4) is 0 Å². The van der Waals surface area contributed by atoms with Gasteiger partial charge in [-0.3, -0.25) is 0 Å². The predicted octanol–water partition coefficient (Wildman–Crippen LogP) is 1.95. The van der Waals surface area contributed by atoms with Gasteiger partial charge in [0.2, 0.25) is 0 Å². The smallest absolute Gasteiger partial charge is 0.0230 e. The Bertz CT molecular complexity index is 193. The molecule has 0 N–H and O–H groups in total. The van der Waals surface area contributed by atoms with Crippen molar-refractivity contribution >= 4 is 0 Å². The van der Waals surface area contributed by atoms with Crippen LogP contribution in [-0.4, -0.2) is 18.5 Å². The van der Waals surface area contributed by atoms with Gasteiger partial charge in [-0.05, 0) is 26.1 Å².